The number of pyridine rings is 1. The molecular weight excluding hydrogens is 402 g/mol. The number of aromatic nitrogens is 2. The summed E-state index contributed by atoms with van der Waals surface area (Å²) in [5.41, 5.74) is 2.51. The summed E-state index contributed by atoms with van der Waals surface area (Å²) in [4.78, 5) is 34.8. The summed E-state index contributed by atoms with van der Waals surface area (Å²) < 4.78 is 5.37. The predicted octanol–water partition coefficient (Wildman–Crippen LogP) is 3.25. The number of amides is 2. The Balaban J connectivity index is 1.40. The van der Waals surface area contributed by atoms with Crippen LogP contribution in [0.3, 0.4) is 0 Å². The van der Waals surface area contributed by atoms with Crippen molar-refractivity contribution in [1.82, 2.24) is 9.97 Å². The second-order valence-corrected chi connectivity index (χ2v) is 7.61. The molecule has 1 aliphatic heterocycles. The first-order valence-corrected chi connectivity index (χ1v) is 10.4. The fourth-order valence-corrected chi connectivity index (χ4v) is 3.83. The summed E-state index contributed by atoms with van der Waals surface area (Å²) in [6.45, 7) is 4.54. The molecule has 2 aromatic heterocycles. The zero-order chi connectivity index (χ0) is 20.9. The number of carbonyl (C=O) groups is 2. The predicted molar refractivity (Wildman–Crippen MR) is 117 cm³/mol. The van der Waals surface area contributed by atoms with Crippen LogP contribution in [0.4, 0.5) is 17.2 Å². The number of ether oxygens (including phenoxy) is 1. The van der Waals surface area contributed by atoms with Gasteiger partial charge in [0.1, 0.15) is 16.5 Å². The van der Waals surface area contributed by atoms with E-state index in [0.29, 0.717) is 30.3 Å². The highest BCUT2D eigenvalue weighted by atomic mass is 32.1. The highest BCUT2D eigenvalue weighted by molar-refractivity contribution is 7.13. The van der Waals surface area contributed by atoms with Crippen molar-refractivity contribution in [2.75, 3.05) is 41.8 Å². The van der Waals surface area contributed by atoms with Crippen molar-refractivity contribution in [3.63, 3.8) is 0 Å². The Hall–Kier alpha value is -3.30. The maximum Gasteiger partial charge on any atom is 0.275 e. The Morgan fingerprint density at radius 1 is 1.03 bits per heavy atom. The van der Waals surface area contributed by atoms with Crippen molar-refractivity contribution >= 4 is 40.3 Å². The summed E-state index contributed by atoms with van der Waals surface area (Å²) in [6.07, 6.45) is 1.78. The van der Waals surface area contributed by atoms with Gasteiger partial charge in [-0.2, -0.15) is 0 Å². The van der Waals surface area contributed by atoms with Gasteiger partial charge in [-0.05, 0) is 36.4 Å². The molecule has 1 fully saturated rings. The summed E-state index contributed by atoms with van der Waals surface area (Å²) in [5.74, 6) is 0.483. The lowest BCUT2D eigenvalue weighted by molar-refractivity contribution is -0.114. The van der Waals surface area contributed by atoms with E-state index in [1.54, 1.807) is 35.8 Å². The van der Waals surface area contributed by atoms with Gasteiger partial charge in [0, 0.05) is 48.5 Å². The van der Waals surface area contributed by atoms with Crippen LogP contribution in [0.2, 0.25) is 0 Å². The average molecular weight is 423 g/mol. The molecular formula is C21H21N5O3S. The first kappa shape index (κ1) is 20.0. The Bertz CT molecular complexity index is 1030. The topological polar surface area (TPSA) is 96.5 Å². The van der Waals surface area contributed by atoms with Gasteiger partial charge in [-0.15, -0.1) is 11.3 Å². The van der Waals surface area contributed by atoms with Gasteiger partial charge in [0.2, 0.25) is 5.91 Å². The lowest BCUT2D eigenvalue weighted by Crippen LogP contribution is -2.36. The quantitative estimate of drug-likeness (QED) is 0.654. The van der Waals surface area contributed by atoms with Crippen molar-refractivity contribution < 1.29 is 14.3 Å². The highest BCUT2D eigenvalue weighted by Gasteiger charge is 2.15. The average Bonchev–Trinajstić information content (AvgIpc) is 3.26. The molecule has 0 spiro atoms. The molecule has 4 rings (SSSR count). The Kier molecular flexibility index (Phi) is 6.01. The molecule has 1 saturated heterocycles. The summed E-state index contributed by atoms with van der Waals surface area (Å²) >= 11 is 1.40. The molecule has 30 heavy (non-hydrogen) atoms. The van der Waals surface area contributed by atoms with E-state index in [1.807, 2.05) is 12.1 Å². The van der Waals surface area contributed by atoms with Gasteiger partial charge in [-0.1, -0.05) is 0 Å². The van der Waals surface area contributed by atoms with Gasteiger partial charge in [-0.3, -0.25) is 9.59 Å². The van der Waals surface area contributed by atoms with Crippen molar-refractivity contribution in [2.45, 2.75) is 6.92 Å². The molecule has 0 atom stereocenters. The van der Waals surface area contributed by atoms with E-state index < -0.39 is 0 Å². The van der Waals surface area contributed by atoms with E-state index in [-0.39, 0.29) is 11.8 Å². The molecule has 0 bridgehead atoms. The summed E-state index contributed by atoms with van der Waals surface area (Å²) in [5, 5.41) is 7.97. The van der Waals surface area contributed by atoms with Gasteiger partial charge in [0.25, 0.3) is 5.91 Å². The number of nitrogens with zero attached hydrogens (tertiary/aromatic N) is 3. The number of carbonyl (C=O) groups excluding carboxylic acids is 2. The van der Waals surface area contributed by atoms with Crippen LogP contribution in [0.1, 0.15) is 17.4 Å². The molecule has 8 nitrogen and oxygen atoms in total. The molecule has 2 amide bonds. The van der Waals surface area contributed by atoms with Crippen molar-refractivity contribution in [3.8, 4) is 10.6 Å². The van der Waals surface area contributed by atoms with Gasteiger partial charge >= 0.3 is 0 Å². The second-order valence-electron chi connectivity index (χ2n) is 6.76. The first-order chi connectivity index (χ1) is 14.6. The minimum absolute atomic E-state index is 0.144. The molecule has 0 saturated carbocycles. The minimum Gasteiger partial charge on any atom is -0.378 e. The van der Waals surface area contributed by atoms with Crippen molar-refractivity contribution in [2.24, 2.45) is 0 Å². The Morgan fingerprint density at radius 3 is 2.37 bits per heavy atom. The van der Waals surface area contributed by atoms with E-state index in [9.17, 15) is 9.59 Å². The van der Waals surface area contributed by atoms with E-state index in [1.165, 1.54) is 18.3 Å². The third kappa shape index (κ3) is 4.81. The number of rotatable bonds is 5. The minimum atomic E-state index is -0.289. The largest absolute Gasteiger partial charge is 0.378 e. The van der Waals surface area contributed by atoms with Crippen LogP contribution < -0.4 is 15.5 Å². The van der Waals surface area contributed by atoms with Crippen LogP contribution >= 0.6 is 11.3 Å². The van der Waals surface area contributed by atoms with E-state index in [0.717, 1.165) is 29.5 Å². The van der Waals surface area contributed by atoms with E-state index in [2.05, 4.69) is 25.5 Å². The van der Waals surface area contributed by atoms with Crippen molar-refractivity contribution in [1.29, 1.82) is 0 Å². The highest BCUT2D eigenvalue weighted by Crippen LogP contribution is 2.25. The third-order valence-corrected chi connectivity index (χ3v) is 5.42. The smallest absolute Gasteiger partial charge is 0.275 e. The fourth-order valence-electron chi connectivity index (χ4n) is 3.04. The monoisotopic (exact) mass is 423 g/mol. The molecule has 1 aromatic carbocycles. The van der Waals surface area contributed by atoms with Gasteiger partial charge in [0.05, 0.1) is 13.2 Å². The maximum atomic E-state index is 12.5. The SMILES string of the molecule is CC(=O)Nc1ccc(NC(=O)c2csc(-c3ccc(N4CCOCC4)nc3)n2)cc1. The fraction of sp³-hybridized carbons (Fsp3) is 0.238. The second kappa shape index (κ2) is 9.02. The van der Waals surface area contributed by atoms with Gasteiger partial charge < -0.3 is 20.3 Å². The lowest BCUT2D eigenvalue weighted by atomic mass is 10.2. The molecule has 9 heteroatoms. The molecule has 3 heterocycles. The number of anilines is 3. The Labute approximate surface area is 177 Å². The Morgan fingerprint density at radius 2 is 1.73 bits per heavy atom. The lowest BCUT2D eigenvalue weighted by Gasteiger charge is -2.27. The molecule has 0 radical (unpaired) electrons. The number of benzene rings is 1. The molecule has 3 aromatic rings. The van der Waals surface area contributed by atoms with Crippen molar-refractivity contribution in [3.05, 3.63) is 53.7 Å². The van der Waals surface area contributed by atoms with Crippen LogP contribution in [0, 0.1) is 0 Å². The van der Waals surface area contributed by atoms with Crippen LogP contribution in [-0.2, 0) is 9.53 Å². The van der Waals surface area contributed by atoms with E-state index >= 15 is 0 Å². The molecule has 0 aliphatic carbocycles. The van der Waals surface area contributed by atoms with Crippen LogP contribution in [0.25, 0.3) is 10.6 Å². The van der Waals surface area contributed by atoms with Crippen LogP contribution in [0.5, 0.6) is 0 Å². The normalized spacial score (nSPS) is 13.7. The number of hydrogen-bond acceptors (Lipinski definition) is 7. The number of morpholine rings is 1. The zero-order valence-electron chi connectivity index (χ0n) is 16.4. The third-order valence-electron chi connectivity index (χ3n) is 4.53. The number of hydrogen-bond donors (Lipinski definition) is 2. The zero-order valence-corrected chi connectivity index (χ0v) is 17.2. The van der Waals surface area contributed by atoms with Gasteiger partial charge in [-0.25, -0.2) is 9.97 Å². The maximum absolute atomic E-state index is 12.5. The number of nitrogens with one attached hydrogen (secondary N) is 2. The number of thiazole rings is 1. The summed E-state index contributed by atoms with van der Waals surface area (Å²) in [7, 11) is 0. The van der Waals surface area contributed by atoms with E-state index in [4.69, 9.17) is 4.74 Å². The van der Waals surface area contributed by atoms with Crippen LogP contribution in [-0.4, -0.2) is 48.1 Å². The van der Waals surface area contributed by atoms with Crippen LogP contribution in [0.15, 0.2) is 48.0 Å². The standard InChI is InChI=1S/C21H21N5O3S/c1-14(27)23-16-3-5-17(6-4-16)24-20(28)18-13-30-21(25-18)15-2-7-19(22-12-15)26-8-10-29-11-9-26/h2-7,12-13H,8-11H2,1H3,(H,23,27)(H,24,28). The molecule has 1 aliphatic rings. The molecule has 2 N–H and O–H groups in total. The van der Waals surface area contributed by atoms with Gasteiger partial charge in [0.15, 0.2) is 0 Å². The molecule has 154 valence electrons. The molecule has 0 unspecified atom stereocenters. The first-order valence-electron chi connectivity index (χ1n) is 9.52. The summed E-state index contributed by atoms with van der Waals surface area (Å²) in [6, 6.07) is 10.9.